The summed E-state index contributed by atoms with van der Waals surface area (Å²) < 4.78 is 54.1. The Hall–Kier alpha value is -2.91. The van der Waals surface area contributed by atoms with Crippen LogP contribution in [-0.4, -0.2) is 32.8 Å². The first-order valence-electron chi connectivity index (χ1n) is 7.95. The second-order valence-electron chi connectivity index (χ2n) is 6.29. The second-order valence-corrected chi connectivity index (χ2v) is 6.29. The van der Waals surface area contributed by atoms with Gasteiger partial charge in [0.05, 0.1) is 17.4 Å². The van der Waals surface area contributed by atoms with Crippen LogP contribution in [0.5, 0.6) is 0 Å². The number of rotatable bonds is 6. The molecule has 27 heavy (non-hydrogen) atoms. The van der Waals surface area contributed by atoms with Crippen molar-refractivity contribution < 1.29 is 32.3 Å². The van der Waals surface area contributed by atoms with Gasteiger partial charge in [0.1, 0.15) is 11.9 Å². The zero-order chi connectivity index (χ0) is 20.4. The molecule has 0 aliphatic heterocycles. The summed E-state index contributed by atoms with van der Waals surface area (Å²) in [6.07, 6.45) is -4.20. The minimum Gasteiger partial charge on any atom is -0.480 e. The number of nitrogens with one attached hydrogen (secondary N) is 1. The minimum absolute atomic E-state index is 0.0501. The highest BCUT2D eigenvalue weighted by molar-refractivity contribution is 5.97. The second kappa shape index (κ2) is 7.77. The van der Waals surface area contributed by atoms with E-state index in [2.05, 4.69) is 10.4 Å². The number of carbonyl (C=O) groups excluding carboxylic acids is 1. The molecule has 0 saturated heterocycles. The highest BCUT2D eigenvalue weighted by atomic mass is 19.4. The van der Waals surface area contributed by atoms with Gasteiger partial charge in [-0.1, -0.05) is 13.8 Å². The SMILES string of the molecule is CC(C)C[C@@H](NC(=O)c1cnn(-c2ccc(F)cc2)c1C(F)(F)F)C(=O)O. The number of alkyl halides is 3. The van der Waals surface area contributed by atoms with Crippen LogP contribution in [0.25, 0.3) is 5.69 Å². The molecule has 1 aromatic heterocycles. The van der Waals surface area contributed by atoms with E-state index in [0.717, 1.165) is 24.3 Å². The van der Waals surface area contributed by atoms with Gasteiger partial charge in [-0.2, -0.15) is 18.3 Å². The van der Waals surface area contributed by atoms with Crippen molar-refractivity contribution >= 4 is 11.9 Å². The molecule has 2 aromatic rings. The van der Waals surface area contributed by atoms with E-state index in [1.807, 2.05) is 0 Å². The molecule has 1 heterocycles. The van der Waals surface area contributed by atoms with E-state index in [-0.39, 0.29) is 18.0 Å². The molecule has 0 bridgehead atoms. The smallest absolute Gasteiger partial charge is 0.434 e. The lowest BCUT2D eigenvalue weighted by Gasteiger charge is -2.17. The maximum Gasteiger partial charge on any atom is 0.434 e. The van der Waals surface area contributed by atoms with Gasteiger partial charge in [-0.15, -0.1) is 0 Å². The Morgan fingerprint density at radius 3 is 2.30 bits per heavy atom. The fraction of sp³-hybridized carbons (Fsp3) is 0.353. The quantitative estimate of drug-likeness (QED) is 0.746. The van der Waals surface area contributed by atoms with Gasteiger partial charge in [-0.05, 0) is 36.6 Å². The number of halogens is 4. The number of hydrogen-bond donors (Lipinski definition) is 2. The predicted octanol–water partition coefficient (Wildman–Crippen LogP) is 3.26. The summed E-state index contributed by atoms with van der Waals surface area (Å²) in [6, 6.07) is 2.74. The fourth-order valence-corrected chi connectivity index (χ4v) is 2.49. The van der Waals surface area contributed by atoms with E-state index in [1.54, 1.807) is 13.8 Å². The van der Waals surface area contributed by atoms with E-state index in [0.29, 0.717) is 10.9 Å². The summed E-state index contributed by atoms with van der Waals surface area (Å²) in [5, 5.41) is 14.8. The summed E-state index contributed by atoms with van der Waals surface area (Å²) in [6.45, 7) is 3.44. The third-order valence-corrected chi connectivity index (χ3v) is 3.66. The van der Waals surface area contributed by atoms with E-state index < -0.39 is 41.2 Å². The number of aliphatic carboxylic acids is 1. The topological polar surface area (TPSA) is 84.2 Å². The molecule has 1 amide bonds. The van der Waals surface area contributed by atoms with E-state index in [1.165, 1.54) is 0 Å². The number of carbonyl (C=O) groups is 2. The first-order chi connectivity index (χ1) is 12.5. The fourth-order valence-electron chi connectivity index (χ4n) is 2.49. The Kier molecular flexibility index (Phi) is 5.87. The molecule has 0 fully saturated rings. The summed E-state index contributed by atoms with van der Waals surface area (Å²) in [7, 11) is 0. The first kappa shape index (κ1) is 20.4. The lowest BCUT2D eigenvalue weighted by Crippen LogP contribution is -2.42. The maximum atomic E-state index is 13.5. The van der Waals surface area contributed by atoms with Gasteiger partial charge < -0.3 is 10.4 Å². The molecular weight excluding hydrogens is 370 g/mol. The monoisotopic (exact) mass is 387 g/mol. The molecule has 0 spiro atoms. The van der Waals surface area contributed by atoms with Crippen LogP contribution in [0.2, 0.25) is 0 Å². The molecule has 0 aliphatic rings. The Bertz CT molecular complexity index is 829. The normalized spacial score (nSPS) is 12.9. The van der Waals surface area contributed by atoms with Crippen LogP contribution in [0.15, 0.2) is 30.5 Å². The summed E-state index contributed by atoms with van der Waals surface area (Å²) >= 11 is 0. The van der Waals surface area contributed by atoms with Crippen molar-refractivity contribution in [3.8, 4) is 5.69 Å². The van der Waals surface area contributed by atoms with Gasteiger partial charge in [-0.3, -0.25) is 4.79 Å². The van der Waals surface area contributed by atoms with Crippen molar-refractivity contribution in [2.75, 3.05) is 0 Å². The van der Waals surface area contributed by atoms with Crippen molar-refractivity contribution in [3.05, 3.63) is 47.5 Å². The number of carboxylic acids is 1. The van der Waals surface area contributed by atoms with Gasteiger partial charge in [0.2, 0.25) is 0 Å². The molecule has 1 atom stereocenters. The average Bonchev–Trinajstić information content (AvgIpc) is 2.99. The third kappa shape index (κ3) is 4.83. The molecule has 0 aliphatic carbocycles. The standard InChI is InChI=1S/C17H17F4N3O3/c1-9(2)7-13(16(26)27)23-15(25)12-8-22-24(14(12)17(19,20)21)11-5-3-10(18)4-6-11/h3-6,8-9,13H,7H2,1-2H3,(H,23,25)(H,26,27)/t13-/m1/s1. The highest BCUT2D eigenvalue weighted by Gasteiger charge is 2.41. The van der Waals surface area contributed by atoms with E-state index in [9.17, 15) is 27.2 Å². The van der Waals surface area contributed by atoms with Crippen molar-refractivity contribution in [3.63, 3.8) is 0 Å². The van der Waals surface area contributed by atoms with E-state index >= 15 is 0 Å². The van der Waals surface area contributed by atoms with Crippen molar-refractivity contribution in [1.82, 2.24) is 15.1 Å². The lowest BCUT2D eigenvalue weighted by atomic mass is 10.0. The Morgan fingerprint density at radius 1 is 1.22 bits per heavy atom. The maximum absolute atomic E-state index is 13.5. The van der Waals surface area contributed by atoms with Crippen LogP contribution in [0.1, 0.15) is 36.3 Å². The zero-order valence-electron chi connectivity index (χ0n) is 14.4. The van der Waals surface area contributed by atoms with Gasteiger partial charge in [0, 0.05) is 0 Å². The van der Waals surface area contributed by atoms with Gasteiger partial charge in [-0.25, -0.2) is 13.9 Å². The molecule has 1 aromatic carbocycles. The van der Waals surface area contributed by atoms with Gasteiger partial charge >= 0.3 is 12.1 Å². The molecule has 2 N–H and O–H groups in total. The Morgan fingerprint density at radius 2 is 1.81 bits per heavy atom. The molecule has 0 saturated carbocycles. The number of hydrogen-bond acceptors (Lipinski definition) is 3. The number of nitrogens with zero attached hydrogens (tertiary/aromatic N) is 2. The Labute approximate surface area is 151 Å². The predicted molar refractivity (Wildman–Crippen MR) is 86.9 cm³/mol. The van der Waals surface area contributed by atoms with Crippen LogP contribution in [0.3, 0.4) is 0 Å². The number of carboxylic acid groups (broad SMARTS) is 1. The highest BCUT2D eigenvalue weighted by Crippen LogP contribution is 2.33. The molecule has 6 nitrogen and oxygen atoms in total. The first-order valence-corrected chi connectivity index (χ1v) is 7.95. The van der Waals surface area contributed by atoms with Crippen LogP contribution < -0.4 is 5.32 Å². The molecular formula is C17H17F4N3O3. The molecule has 0 radical (unpaired) electrons. The lowest BCUT2D eigenvalue weighted by molar-refractivity contribution is -0.143. The zero-order valence-corrected chi connectivity index (χ0v) is 14.4. The minimum atomic E-state index is -4.95. The summed E-state index contributed by atoms with van der Waals surface area (Å²) in [5.41, 5.74) is -2.29. The van der Waals surface area contributed by atoms with Crippen LogP contribution in [0.4, 0.5) is 17.6 Å². The van der Waals surface area contributed by atoms with Crippen LogP contribution >= 0.6 is 0 Å². The Balaban J connectivity index is 2.43. The molecule has 0 unspecified atom stereocenters. The molecule has 10 heteroatoms. The van der Waals surface area contributed by atoms with Crippen molar-refractivity contribution in [1.29, 1.82) is 0 Å². The number of aromatic nitrogens is 2. The van der Waals surface area contributed by atoms with Crippen LogP contribution in [0, 0.1) is 11.7 Å². The van der Waals surface area contributed by atoms with Crippen LogP contribution in [-0.2, 0) is 11.0 Å². The molecule has 2 rings (SSSR count). The summed E-state index contributed by atoms with van der Waals surface area (Å²) in [5.74, 6) is -3.30. The van der Waals surface area contributed by atoms with Crippen molar-refractivity contribution in [2.45, 2.75) is 32.5 Å². The average molecular weight is 387 g/mol. The number of amides is 1. The third-order valence-electron chi connectivity index (χ3n) is 3.66. The summed E-state index contributed by atoms with van der Waals surface area (Å²) in [4.78, 5) is 23.6. The van der Waals surface area contributed by atoms with Gasteiger partial charge in [0.15, 0.2) is 5.69 Å². The van der Waals surface area contributed by atoms with E-state index in [4.69, 9.17) is 5.11 Å². The van der Waals surface area contributed by atoms with Gasteiger partial charge in [0.25, 0.3) is 5.91 Å². The van der Waals surface area contributed by atoms with Crippen molar-refractivity contribution in [2.24, 2.45) is 5.92 Å². The molecule has 146 valence electrons. The largest absolute Gasteiger partial charge is 0.480 e. The number of benzene rings is 1.